The van der Waals surface area contributed by atoms with Gasteiger partial charge in [-0.05, 0) is 30.3 Å². The predicted molar refractivity (Wildman–Crippen MR) is 78.2 cm³/mol. The molecule has 7 heteroatoms. The Kier molecular flexibility index (Phi) is 5.11. The zero-order chi connectivity index (χ0) is 15.1. The van der Waals surface area contributed by atoms with E-state index >= 15 is 0 Å². The van der Waals surface area contributed by atoms with Gasteiger partial charge in [-0.25, -0.2) is 5.43 Å². The second kappa shape index (κ2) is 7.25. The smallest absolute Gasteiger partial charge is 0.259 e. The van der Waals surface area contributed by atoms with Crippen molar-refractivity contribution in [3.05, 3.63) is 59.0 Å². The van der Waals surface area contributed by atoms with E-state index in [1.54, 1.807) is 30.3 Å². The first kappa shape index (κ1) is 14.8. The molecule has 2 aromatic rings. The number of benzene rings is 1. The average Bonchev–Trinajstić information content (AvgIpc) is 2.99. The summed E-state index contributed by atoms with van der Waals surface area (Å²) in [6.45, 7) is -0.176. The molecular weight excluding hydrogens is 294 g/mol. The van der Waals surface area contributed by atoms with Crippen molar-refractivity contribution in [2.75, 3.05) is 6.54 Å². The lowest BCUT2D eigenvalue weighted by molar-refractivity contribution is -0.120. The topological polar surface area (TPSA) is 83.7 Å². The maximum Gasteiger partial charge on any atom is 0.259 e. The van der Waals surface area contributed by atoms with E-state index in [9.17, 15) is 9.59 Å². The third kappa shape index (κ3) is 4.77. The summed E-state index contributed by atoms with van der Waals surface area (Å²) in [6.07, 6.45) is 4.41. The highest BCUT2D eigenvalue weighted by Gasteiger charge is 2.07. The Balaban J connectivity index is 1.76. The zero-order valence-corrected chi connectivity index (χ0v) is 11.6. The lowest BCUT2D eigenvalue weighted by atomic mass is 10.2. The van der Waals surface area contributed by atoms with Gasteiger partial charge in [0.15, 0.2) is 0 Å². The van der Waals surface area contributed by atoms with E-state index in [2.05, 4.69) is 15.8 Å². The van der Waals surface area contributed by atoms with Crippen molar-refractivity contribution >= 4 is 29.6 Å². The molecule has 0 spiro atoms. The Morgan fingerprint density at radius 1 is 1.24 bits per heavy atom. The summed E-state index contributed by atoms with van der Waals surface area (Å²) in [6, 6.07) is 8.05. The summed E-state index contributed by atoms with van der Waals surface area (Å²) in [5.41, 5.74) is 3.44. The van der Waals surface area contributed by atoms with Gasteiger partial charge in [0, 0.05) is 16.1 Å². The fraction of sp³-hybridized carbons (Fsp3) is 0.0714. The number of hydrogen-bond donors (Lipinski definition) is 2. The van der Waals surface area contributed by atoms with Gasteiger partial charge in [-0.1, -0.05) is 11.6 Å². The molecule has 6 nitrogen and oxygen atoms in total. The van der Waals surface area contributed by atoms with Crippen LogP contribution in [0.1, 0.15) is 15.9 Å². The molecule has 2 N–H and O–H groups in total. The summed E-state index contributed by atoms with van der Waals surface area (Å²) < 4.78 is 4.84. The number of halogens is 1. The van der Waals surface area contributed by atoms with Crippen LogP contribution in [0.3, 0.4) is 0 Å². The van der Waals surface area contributed by atoms with Gasteiger partial charge < -0.3 is 9.73 Å². The first-order valence-corrected chi connectivity index (χ1v) is 6.41. The summed E-state index contributed by atoms with van der Waals surface area (Å²) in [7, 11) is 0. The standard InChI is InChI=1S/C14H12ClN3O3/c15-12-3-1-11(2-4-12)14(20)16-8-13(19)18-17-7-10-5-6-21-9-10/h1-7,9H,8H2,(H,16,20)(H,18,19). The van der Waals surface area contributed by atoms with Crippen molar-refractivity contribution in [1.29, 1.82) is 0 Å². The fourth-order valence-electron chi connectivity index (χ4n) is 1.43. The second-order valence-corrected chi connectivity index (χ2v) is 4.48. The van der Waals surface area contributed by atoms with Gasteiger partial charge in [-0.2, -0.15) is 5.10 Å². The van der Waals surface area contributed by atoms with E-state index in [4.69, 9.17) is 16.0 Å². The van der Waals surface area contributed by atoms with Crippen molar-refractivity contribution in [1.82, 2.24) is 10.7 Å². The van der Waals surface area contributed by atoms with Crippen LogP contribution in [0.5, 0.6) is 0 Å². The molecule has 1 heterocycles. The van der Waals surface area contributed by atoms with E-state index in [1.807, 2.05) is 0 Å². The molecule has 0 aliphatic heterocycles. The lowest BCUT2D eigenvalue weighted by Gasteiger charge is -2.04. The van der Waals surface area contributed by atoms with Crippen LogP contribution >= 0.6 is 11.6 Å². The van der Waals surface area contributed by atoms with Gasteiger partial charge in [0.25, 0.3) is 11.8 Å². The van der Waals surface area contributed by atoms with Crippen molar-refractivity contribution in [2.24, 2.45) is 5.10 Å². The molecule has 0 unspecified atom stereocenters. The maximum atomic E-state index is 11.7. The van der Waals surface area contributed by atoms with Gasteiger partial charge in [0.05, 0.1) is 25.3 Å². The van der Waals surface area contributed by atoms with Crippen LogP contribution in [0.15, 0.2) is 52.4 Å². The Morgan fingerprint density at radius 3 is 2.67 bits per heavy atom. The van der Waals surface area contributed by atoms with E-state index in [0.717, 1.165) is 5.56 Å². The molecule has 108 valence electrons. The summed E-state index contributed by atoms with van der Waals surface area (Å²) in [5.74, 6) is -0.794. The number of amides is 2. The highest BCUT2D eigenvalue weighted by molar-refractivity contribution is 6.30. The van der Waals surface area contributed by atoms with Crippen LogP contribution in [0.4, 0.5) is 0 Å². The molecule has 0 aliphatic carbocycles. The number of furan rings is 1. The number of rotatable bonds is 5. The predicted octanol–water partition coefficient (Wildman–Crippen LogP) is 1.81. The summed E-state index contributed by atoms with van der Waals surface area (Å²) >= 11 is 5.72. The minimum absolute atomic E-state index is 0.176. The molecule has 0 bridgehead atoms. The van der Waals surface area contributed by atoms with E-state index in [-0.39, 0.29) is 12.5 Å². The third-order valence-electron chi connectivity index (χ3n) is 2.46. The normalized spacial score (nSPS) is 10.5. The Hall–Kier alpha value is -2.60. The van der Waals surface area contributed by atoms with E-state index in [1.165, 1.54) is 18.7 Å². The molecule has 0 fully saturated rings. The third-order valence-corrected chi connectivity index (χ3v) is 2.71. The second-order valence-electron chi connectivity index (χ2n) is 4.04. The molecule has 1 aromatic heterocycles. The Labute approximate surface area is 125 Å². The lowest BCUT2D eigenvalue weighted by Crippen LogP contribution is -2.34. The minimum Gasteiger partial charge on any atom is -0.472 e. The van der Waals surface area contributed by atoms with Crippen molar-refractivity contribution in [3.63, 3.8) is 0 Å². The molecule has 0 saturated carbocycles. The molecule has 0 aliphatic rings. The molecule has 21 heavy (non-hydrogen) atoms. The van der Waals surface area contributed by atoms with Gasteiger partial charge in [-0.15, -0.1) is 0 Å². The van der Waals surface area contributed by atoms with Crippen molar-refractivity contribution in [3.8, 4) is 0 Å². The molecule has 2 amide bonds. The van der Waals surface area contributed by atoms with Gasteiger partial charge >= 0.3 is 0 Å². The number of nitrogens with one attached hydrogen (secondary N) is 2. The molecule has 0 saturated heterocycles. The highest BCUT2D eigenvalue weighted by Crippen LogP contribution is 2.09. The summed E-state index contributed by atoms with van der Waals surface area (Å²) in [5, 5.41) is 6.74. The molecule has 0 radical (unpaired) electrons. The van der Waals surface area contributed by atoms with Gasteiger partial charge in [0.2, 0.25) is 0 Å². The minimum atomic E-state index is -0.433. The first-order chi connectivity index (χ1) is 10.1. The molecule has 1 aromatic carbocycles. The van der Waals surface area contributed by atoms with Crippen molar-refractivity contribution in [2.45, 2.75) is 0 Å². The molecule has 0 atom stereocenters. The number of hydrogen-bond acceptors (Lipinski definition) is 4. The number of hydrazone groups is 1. The highest BCUT2D eigenvalue weighted by atomic mass is 35.5. The number of carbonyl (C=O) groups excluding carboxylic acids is 2. The van der Waals surface area contributed by atoms with Gasteiger partial charge in [0.1, 0.15) is 0 Å². The van der Waals surface area contributed by atoms with Crippen LogP contribution in [-0.4, -0.2) is 24.6 Å². The quantitative estimate of drug-likeness (QED) is 0.653. The van der Waals surface area contributed by atoms with Crippen LogP contribution in [0.2, 0.25) is 5.02 Å². The number of nitrogens with zero attached hydrogens (tertiary/aromatic N) is 1. The largest absolute Gasteiger partial charge is 0.472 e. The van der Waals surface area contributed by atoms with Crippen molar-refractivity contribution < 1.29 is 14.0 Å². The van der Waals surface area contributed by atoms with Crippen LogP contribution in [-0.2, 0) is 4.79 Å². The van der Waals surface area contributed by atoms with E-state index in [0.29, 0.717) is 10.6 Å². The SMILES string of the molecule is O=C(CNC(=O)c1ccc(Cl)cc1)NN=Cc1ccoc1. The van der Waals surface area contributed by atoms with Gasteiger partial charge in [-0.3, -0.25) is 9.59 Å². The Morgan fingerprint density at radius 2 is 2.00 bits per heavy atom. The Bertz CT molecular complexity index is 636. The van der Waals surface area contributed by atoms with E-state index < -0.39 is 5.91 Å². The molecule has 2 rings (SSSR count). The first-order valence-electron chi connectivity index (χ1n) is 6.03. The maximum absolute atomic E-state index is 11.7. The van der Waals surface area contributed by atoms with Crippen LogP contribution in [0, 0.1) is 0 Å². The number of carbonyl (C=O) groups is 2. The molecular formula is C14H12ClN3O3. The zero-order valence-electron chi connectivity index (χ0n) is 10.9. The average molecular weight is 306 g/mol. The van der Waals surface area contributed by atoms with Crippen LogP contribution in [0.25, 0.3) is 0 Å². The monoisotopic (exact) mass is 305 g/mol. The fourth-order valence-corrected chi connectivity index (χ4v) is 1.56. The van der Waals surface area contributed by atoms with Crippen LogP contribution < -0.4 is 10.7 Å². The summed E-state index contributed by atoms with van der Waals surface area (Å²) in [4.78, 5) is 23.2.